The Morgan fingerprint density at radius 2 is 1.80 bits per heavy atom. The van der Waals surface area contributed by atoms with Crippen molar-refractivity contribution in [2.75, 3.05) is 33.8 Å². The highest BCUT2D eigenvalue weighted by atomic mass is 32.2. The van der Waals surface area contributed by atoms with E-state index in [1.165, 1.54) is 5.69 Å². The summed E-state index contributed by atoms with van der Waals surface area (Å²) in [5.41, 5.74) is 4.15. The van der Waals surface area contributed by atoms with E-state index < -0.39 is 10.0 Å². The van der Waals surface area contributed by atoms with E-state index in [2.05, 4.69) is 58.9 Å². The quantitative estimate of drug-likeness (QED) is 0.748. The Kier molecular flexibility index (Phi) is 6.25. The number of nitrogens with one attached hydrogen (secondary N) is 2. The standard InChI is InChI=1S/C18H26N4O2S/c1-5-22(6-2)16-9-10-17(14(4)12-16)20-15-8-11-18(19-13-15)21-25(23,24)7-3/h8-13,20H,5-7H2,1-4H3,(H,19,21). The fraction of sp³-hybridized carbons (Fsp3) is 0.389. The van der Waals surface area contributed by atoms with Crippen molar-refractivity contribution >= 4 is 32.9 Å². The van der Waals surface area contributed by atoms with Crippen LogP contribution in [0.25, 0.3) is 0 Å². The van der Waals surface area contributed by atoms with Crippen molar-refractivity contribution in [3.05, 3.63) is 42.1 Å². The monoisotopic (exact) mass is 362 g/mol. The summed E-state index contributed by atoms with van der Waals surface area (Å²) >= 11 is 0. The van der Waals surface area contributed by atoms with Gasteiger partial charge >= 0.3 is 0 Å². The molecule has 0 spiro atoms. The average Bonchev–Trinajstić information content (AvgIpc) is 2.60. The number of benzene rings is 1. The molecule has 0 saturated heterocycles. The number of anilines is 4. The molecule has 1 aromatic heterocycles. The van der Waals surface area contributed by atoms with Crippen LogP contribution in [0.1, 0.15) is 26.3 Å². The number of rotatable bonds is 8. The topological polar surface area (TPSA) is 74.3 Å². The molecular weight excluding hydrogens is 336 g/mol. The van der Waals surface area contributed by atoms with Crippen LogP contribution in [0.2, 0.25) is 0 Å². The Morgan fingerprint density at radius 3 is 2.32 bits per heavy atom. The van der Waals surface area contributed by atoms with E-state index in [-0.39, 0.29) is 5.75 Å². The molecule has 25 heavy (non-hydrogen) atoms. The van der Waals surface area contributed by atoms with Gasteiger partial charge in [0.05, 0.1) is 17.6 Å². The molecule has 0 aliphatic rings. The van der Waals surface area contributed by atoms with Crippen LogP contribution in [0.3, 0.4) is 0 Å². The second kappa shape index (κ2) is 8.20. The van der Waals surface area contributed by atoms with Gasteiger partial charge in [0, 0.05) is 24.5 Å². The SMILES string of the molecule is CCN(CC)c1ccc(Nc2ccc(NS(=O)(=O)CC)nc2)c(C)c1. The number of aryl methyl sites for hydroxylation is 1. The molecule has 1 heterocycles. The summed E-state index contributed by atoms with van der Waals surface area (Å²) in [5, 5.41) is 3.32. The van der Waals surface area contributed by atoms with Crippen molar-refractivity contribution in [1.29, 1.82) is 0 Å². The van der Waals surface area contributed by atoms with Crippen LogP contribution in [0.15, 0.2) is 36.5 Å². The number of pyridine rings is 1. The Balaban J connectivity index is 2.12. The average molecular weight is 362 g/mol. The van der Waals surface area contributed by atoms with Crippen LogP contribution >= 0.6 is 0 Å². The smallest absolute Gasteiger partial charge is 0.233 e. The van der Waals surface area contributed by atoms with Gasteiger partial charge in [0.15, 0.2) is 0 Å². The minimum atomic E-state index is -3.31. The van der Waals surface area contributed by atoms with Crippen molar-refractivity contribution in [2.45, 2.75) is 27.7 Å². The summed E-state index contributed by atoms with van der Waals surface area (Å²) in [5.74, 6) is 0.341. The van der Waals surface area contributed by atoms with Gasteiger partial charge in [0.2, 0.25) is 10.0 Å². The third-order valence-electron chi connectivity index (χ3n) is 4.02. The van der Waals surface area contributed by atoms with E-state index in [1.54, 1.807) is 25.3 Å². The molecule has 0 bridgehead atoms. The molecule has 0 aliphatic carbocycles. The minimum absolute atomic E-state index is 0.0206. The fourth-order valence-electron chi connectivity index (χ4n) is 2.49. The molecule has 6 nitrogen and oxygen atoms in total. The first-order valence-corrected chi connectivity index (χ1v) is 10.1. The molecule has 2 aromatic rings. The van der Waals surface area contributed by atoms with Gasteiger partial charge in [0.25, 0.3) is 0 Å². The van der Waals surface area contributed by atoms with Crippen LogP contribution in [0.5, 0.6) is 0 Å². The number of hydrogen-bond acceptors (Lipinski definition) is 5. The first kappa shape index (κ1) is 19.1. The van der Waals surface area contributed by atoms with Gasteiger partial charge in [0.1, 0.15) is 5.82 Å². The fourth-order valence-corrected chi connectivity index (χ4v) is 3.07. The van der Waals surface area contributed by atoms with E-state index in [1.807, 2.05) is 0 Å². The predicted molar refractivity (Wildman–Crippen MR) is 105 cm³/mol. The molecule has 136 valence electrons. The highest BCUT2D eigenvalue weighted by molar-refractivity contribution is 7.92. The van der Waals surface area contributed by atoms with Gasteiger partial charge in [-0.25, -0.2) is 13.4 Å². The van der Waals surface area contributed by atoms with Crippen LogP contribution in [0.4, 0.5) is 22.9 Å². The maximum Gasteiger partial charge on any atom is 0.233 e. The van der Waals surface area contributed by atoms with Gasteiger partial charge in [-0.2, -0.15) is 0 Å². The lowest BCUT2D eigenvalue weighted by atomic mass is 10.1. The molecule has 2 rings (SSSR count). The Morgan fingerprint density at radius 1 is 1.08 bits per heavy atom. The number of sulfonamides is 1. The van der Waals surface area contributed by atoms with Gasteiger partial charge in [-0.1, -0.05) is 0 Å². The third-order valence-corrected chi connectivity index (χ3v) is 5.30. The maximum absolute atomic E-state index is 11.6. The van der Waals surface area contributed by atoms with Crippen molar-refractivity contribution in [3.8, 4) is 0 Å². The van der Waals surface area contributed by atoms with E-state index in [4.69, 9.17) is 0 Å². The molecule has 0 unspecified atom stereocenters. The Bertz CT molecular complexity index is 800. The second-order valence-electron chi connectivity index (χ2n) is 5.73. The summed E-state index contributed by atoms with van der Waals surface area (Å²) in [6, 6.07) is 9.76. The lowest BCUT2D eigenvalue weighted by molar-refractivity contribution is 0.602. The molecule has 0 aliphatic heterocycles. The van der Waals surface area contributed by atoms with Gasteiger partial charge < -0.3 is 10.2 Å². The molecule has 0 amide bonds. The zero-order chi connectivity index (χ0) is 18.4. The van der Waals surface area contributed by atoms with E-state index in [0.717, 1.165) is 30.0 Å². The third kappa shape index (κ3) is 5.09. The number of hydrogen-bond donors (Lipinski definition) is 2. The number of aromatic nitrogens is 1. The first-order chi connectivity index (χ1) is 11.9. The van der Waals surface area contributed by atoms with Crippen molar-refractivity contribution in [2.24, 2.45) is 0 Å². The predicted octanol–water partition coefficient (Wildman–Crippen LogP) is 3.74. The normalized spacial score (nSPS) is 11.2. The molecule has 2 N–H and O–H groups in total. The van der Waals surface area contributed by atoms with Gasteiger partial charge in [-0.3, -0.25) is 4.72 Å². The first-order valence-electron chi connectivity index (χ1n) is 8.47. The van der Waals surface area contributed by atoms with E-state index in [9.17, 15) is 8.42 Å². The lowest BCUT2D eigenvalue weighted by Gasteiger charge is -2.22. The maximum atomic E-state index is 11.6. The Labute approximate surface area is 150 Å². The van der Waals surface area contributed by atoms with Crippen LogP contribution in [-0.4, -0.2) is 32.2 Å². The summed E-state index contributed by atoms with van der Waals surface area (Å²) in [4.78, 5) is 6.45. The van der Waals surface area contributed by atoms with E-state index >= 15 is 0 Å². The molecule has 0 radical (unpaired) electrons. The molecule has 1 aromatic carbocycles. The van der Waals surface area contributed by atoms with E-state index in [0.29, 0.717) is 5.82 Å². The summed E-state index contributed by atoms with van der Waals surface area (Å²) in [6.45, 7) is 9.88. The summed E-state index contributed by atoms with van der Waals surface area (Å²) < 4.78 is 25.5. The highest BCUT2D eigenvalue weighted by Gasteiger charge is 2.08. The summed E-state index contributed by atoms with van der Waals surface area (Å²) in [6.07, 6.45) is 1.62. The Hall–Kier alpha value is -2.28. The zero-order valence-electron chi connectivity index (χ0n) is 15.2. The molecule has 0 fully saturated rings. The number of nitrogens with zero attached hydrogens (tertiary/aromatic N) is 2. The van der Waals surface area contributed by atoms with Crippen molar-refractivity contribution in [3.63, 3.8) is 0 Å². The van der Waals surface area contributed by atoms with Gasteiger partial charge in [-0.05, 0) is 63.6 Å². The molecule has 0 saturated carbocycles. The zero-order valence-corrected chi connectivity index (χ0v) is 16.0. The van der Waals surface area contributed by atoms with Crippen LogP contribution in [-0.2, 0) is 10.0 Å². The lowest BCUT2D eigenvalue weighted by Crippen LogP contribution is -2.21. The summed E-state index contributed by atoms with van der Waals surface area (Å²) in [7, 11) is -3.31. The van der Waals surface area contributed by atoms with Crippen LogP contribution in [0, 0.1) is 6.92 Å². The molecule has 0 atom stereocenters. The van der Waals surface area contributed by atoms with Crippen molar-refractivity contribution < 1.29 is 8.42 Å². The van der Waals surface area contributed by atoms with Gasteiger partial charge in [-0.15, -0.1) is 0 Å². The molecular formula is C18H26N4O2S. The molecule has 7 heteroatoms. The highest BCUT2D eigenvalue weighted by Crippen LogP contribution is 2.25. The van der Waals surface area contributed by atoms with Crippen molar-refractivity contribution in [1.82, 2.24) is 4.98 Å². The minimum Gasteiger partial charge on any atom is -0.372 e. The largest absolute Gasteiger partial charge is 0.372 e. The van der Waals surface area contributed by atoms with Crippen LogP contribution < -0.4 is 14.9 Å². The second-order valence-corrected chi connectivity index (χ2v) is 7.75.